The van der Waals surface area contributed by atoms with Crippen LogP contribution in [-0.2, 0) is 5.92 Å². The molecule has 4 aromatic rings. The van der Waals surface area contributed by atoms with Gasteiger partial charge in [-0.3, -0.25) is 4.79 Å². The highest BCUT2D eigenvalue weighted by Gasteiger charge is 2.48. The van der Waals surface area contributed by atoms with Gasteiger partial charge in [-0.15, -0.1) is 0 Å². The molecule has 1 saturated carbocycles. The molecule has 6 nitrogen and oxygen atoms in total. The Morgan fingerprint density at radius 2 is 1.67 bits per heavy atom. The van der Waals surface area contributed by atoms with E-state index in [1.165, 1.54) is 24.3 Å². The first-order chi connectivity index (χ1) is 18.5. The number of alkyl halides is 2. The molecule has 1 unspecified atom stereocenters. The van der Waals surface area contributed by atoms with Crippen LogP contribution in [0.15, 0.2) is 60.7 Å². The first-order valence-electron chi connectivity index (χ1n) is 13.0. The summed E-state index contributed by atoms with van der Waals surface area (Å²) in [4.78, 5) is 17.7. The second kappa shape index (κ2) is 9.93. The van der Waals surface area contributed by atoms with Crippen molar-refractivity contribution in [2.45, 2.75) is 52.6 Å². The summed E-state index contributed by atoms with van der Waals surface area (Å²) in [5, 5.41) is 24.1. The van der Waals surface area contributed by atoms with E-state index in [0.29, 0.717) is 28.7 Å². The third kappa shape index (κ3) is 5.04. The SMILES string of the molecule is Cc1cccc(C)c1-c1cc(-c2nc(C)c(C(=O)Nc3cccc(C(F)(F)C4CC4)c3)n2O)cc(C(C)O)c1. The quantitative estimate of drug-likeness (QED) is 0.220. The van der Waals surface area contributed by atoms with Gasteiger partial charge in [-0.2, -0.15) is 4.73 Å². The molecule has 202 valence electrons. The first-order valence-corrected chi connectivity index (χ1v) is 13.0. The van der Waals surface area contributed by atoms with Gasteiger partial charge in [-0.25, -0.2) is 13.8 Å². The molecule has 0 radical (unpaired) electrons. The Labute approximate surface area is 225 Å². The number of aryl methyl sites for hydroxylation is 3. The van der Waals surface area contributed by atoms with Crippen LogP contribution in [0.3, 0.4) is 0 Å². The van der Waals surface area contributed by atoms with Crippen LogP contribution in [0, 0.1) is 26.7 Å². The minimum Gasteiger partial charge on any atom is -0.426 e. The van der Waals surface area contributed by atoms with Gasteiger partial charge in [0.25, 0.3) is 11.8 Å². The number of imidazole rings is 1. The van der Waals surface area contributed by atoms with E-state index in [-0.39, 0.29) is 28.5 Å². The van der Waals surface area contributed by atoms with Gasteiger partial charge in [0.15, 0.2) is 11.5 Å². The normalized spacial score (nSPS) is 14.3. The van der Waals surface area contributed by atoms with Gasteiger partial charge in [0, 0.05) is 22.7 Å². The maximum atomic E-state index is 14.6. The molecule has 1 heterocycles. The summed E-state index contributed by atoms with van der Waals surface area (Å²) >= 11 is 0. The number of carbonyl (C=O) groups is 1. The Kier molecular flexibility index (Phi) is 6.76. The Bertz CT molecular complexity index is 1550. The van der Waals surface area contributed by atoms with Crippen LogP contribution in [0.25, 0.3) is 22.5 Å². The summed E-state index contributed by atoms with van der Waals surface area (Å²) < 4.78 is 29.9. The fourth-order valence-electron chi connectivity index (χ4n) is 5.08. The molecule has 1 atom stereocenters. The second-order valence-corrected chi connectivity index (χ2v) is 10.4. The Morgan fingerprint density at radius 1 is 1.03 bits per heavy atom. The summed E-state index contributed by atoms with van der Waals surface area (Å²) in [6.45, 7) is 7.26. The van der Waals surface area contributed by atoms with Gasteiger partial charge >= 0.3 is 0 Å². The van der Waals surface area contributed by atoms with Crippen LogP contribution in [0.5, 0.6) is 0 Å². The second-order valence-electron chi connectivity index (χ2n) is 10.4. The van der Waals surface area contributed by atoms with E-state index in [1.807, 2.05) is 44.2 Å². The fraction of sp³-hybridized carbons (Fsp3) is 0.290. The predicted molar refractivity (Wildman–Crippen MR) is 146 cm³/mol. The average molecular weight is 532 g/mol. The number of carbonyl (C=O) groups excluding carboxylic acids is 1. The largest absolute Gasteiger partial charge is 0.426 e. The maximum Gasteiger partial charge on any atom is 0.277 e. The van der Waals surface area contributed by atoms with Crippen molar-refractivity contribution in [1.82, 2.24) is 9.71 Å². The number of nitrogens with one attached hydrogen (secondary N) is 1. The van der Waals surface area contributed by atoms with E-state index in [4.69, 9.17) is 0 Å². The van der Waals surface area contributed by atoms with Gasteiger partial charge in [-0.05, 0) is 98.7 Å². The summed E-state index contributed by atoms with van der Waals surface area (Å²) in [5.41, 5.74) is 5.32. The summed E-state index contributed by atoms with van der Waals surface area (Å²) in [6.07, 6.45) is 0.188. The van der Waals surface area contributed by atoms with E-state index in [9.17, 15) is 23.9 Å². The van der Waals surface area contributed by atoms with E-state index in [1.54, 1.807) is 19.9 Å². The molecule has 0 saturated heterocycles. The smallest absolute Gasteiger partial charge is 0.277 e. The number of halogens is 2. The number of anilines is 1. The van der Waals surface area contributed by atoms with Gasteiger partial charge in [0.05, 0.1) is 11.8 Å². The van der Waals surface area contributed by atoms with Crippen LogP contribution in [-0.4, -0.2) is 25.9 Å². The van der Waals surface area contributed by atoms with Crippen molar-refractivity contribution in [1.29, 1.82) is 0 Å². The highest BCUT2D eigenvalue weighted by Crippen LogP contribution is 2.50. The topological polar surface area (TPSA) is 87.4 Å². The standard InChI is InChI=1S/C31H31F2N3O3/c1-17-7-5-8-18(2)27(17)22-13-21(20(4)37)14-23(15-22)29-34-19(3)28(36(29)39)30(38)35-26-10-6-9-25(16-26)31(32,33)24-11-12-24/h5-10,13-16,20,24,37,39H,11-12H2,1-4H3,(H,35,38). The van der Waals surface area contributed by atoms with Crippen LogP contribution in [0.1, 0.15) is 64.3 Å². The number of amides is 1. The highest BCUT2D eigenvalue weighted by atomic mass is 19.3. The van der Waals surface area contributed by atoms with Gasteiger partial charge in [0.2, 0.25) is 0 Å². The van der Waals surface area contributed by atoms with Crippen molar-refractivity contribution in [3.05, 3.63) is 94.3 Å². The number of hydrogen-bond acceptors (Lipinski definition) is 4. The summed E-state index contributed by atoms with van der Waals surface area (Å²) in [7, 11) is 0. The molecule has 8 heteroatoms. The molecule has 1 aromatic heterocycles. The molecule has 39 heavy (non-hydrogen) atoms. The molecule has 0 aliphatic heterocycles. The molecule has 3 aromatic carbocycles. The van der Waals surface area contributed by atoms with Crippen LogP contribution < -0.4 is 5.32 Å². The van der Waals surface area contributed by atoms with E-state index in [2.05, 4.69) is 10.3 Å². The van der Waals surface area contributed by atoms with Crippen molar-refractivity contribution in [3.8, 4) is 22.5 Å². The minimum atomic E-state index is -2.95. The Hall–Kier alpha value is -4.04. The molecule has 1 fully saturated rings. The number of nitrogens with zero attached hydrogens (tertiary/aromatic N) is 2. The lowest BCUT2D eigenvalue weighted by Crippen LogP contribution is -2.19. The van der Waals surface area contributed by atoms with E-state index < -0.39 is 23.9 Å². The van der Waals surface area contributed by atoms with E-state index >= 15 is 0 Å². The molecular weight excluding hydrogens is 500 g/mol. The number of benzene rings is 3. The summed E-state index contributed by atoms with van der Waals surface area (Å²) in [6, 6.07) is 17.1. The van der Waals surface area contributed by atoms with Crippen molar-refractivity contribution in [2.24, 2.45) is 5.92 Å². The third-order valence-corrected chi connectivity index (χ3v) is 7.30. The predicted octanol–water partition coefficient (Wildman–Crippen LogP) is 7.19. The van der Waals surface area contributed by atoms with Gasteiger partial charge in [0.1, 0.15) is 0 Å². The van der Waals surface area contributed by atoms with Crippen molar-refractivity contribution in [2.75, 3.05) is 5.32 Å². The molecular formula is C31H31F2N3O3. The molecule has 3 N–H and O–H groups in total. The van der Waals surface area contributed by atoms with E-state index in [0.717, 1.165) is 22.3 Å². The molecule has 5 rings (SSSR count). The van der Waals surface area contributed by atoms with Crippen molar-refractivity contribution >= 4 is 11.6 Å². The molecule has 1 amide bonds. The van der Waals surface area contributed by atoms with Gasteiger partial charge in [-0.1, -0.05) is 30.3 Å². The summed E-state index contributed by atoms with van der Waals surface area (Å²) in [5.74, 6) is -4.17. The fourth-order valence-corrected chi connectivity index (χ4v) is 5.08. The Balaban J connectivity index is 1.51. The van der Waals surface area contributed by atoms with Crippen LogP contribution in [0.2, 0.25) is 0 Å². The highest BCUT2D eigenvalue weighted by molar-refractivity contribution is 6.04. The molecule has 1 aliphatic rings. The monoisotopic (exact) mass is 531 g/mol. The lowest BCUT2D eigenvalue weighted by Gasteiger charge is -2.17. The van der Waals surface area contributed by atoms with Crippen LogP contribution >= 0.6 is 0 Å². The minimum absolute atomic E-state index is 0.111. The zero-order valence-corrected chi connectivity index (χ0v) is 22.3. The maximum absolute atomic E-state index is 14.6. The number of hydrogen-bond donors (Lipinski definition) is 3. The van der Waals surface area contributed by atoms with Crippen molar-refractivity contribution in [3.63, 3.8) is 0 Å². The number of aromatic nitrogens is 2. The number of aliphatic hydroxyl groups is 1. The average Bonchev–Trinajstić information content (AvgIpc) is 3.69. The number of rotatable bonds is 7. The zero-order valence-electron chi connectivity index (χ0n) is 22.3. The molecule has 0 bridgehead atoms. The third-order valence-electron chi connectivity index (χ3n) is 7.30. The van der Waals surface area contributed by atoms with Crippen molar-refractivity contribution < 1.29 is 23.9 Å². The lowest BCUT2D eigenvalue weighted by atomic mass is 9.92. The zero-order chi connectivity index (χ0) is 28.1. The Morgan fingerprint density at radius 3 is 2.31 bits per heavy atom. The first kappa shape index (κ1) is 26.6. The lowest BCUT2D eigenvalue weighted by molar-refractivity contribution is -0.0285. The molecule has 0 spiro atoms. The van der Waals surface area contributed by atoms with Crippen LogP contribution in [0.4, 0.5) is 14.5 Å². The number of aliphatic hydroxyl groups excluding tert-OH is 1. The molecule has 1 aliphatic carbocycles. The van der Waals surface area contributed by atoms with Gasteiger partial charge < -0.3 is 15.6 Å².